The minimum absolute atomic E-state index is 0.591. The zero-order valence-electron chi connectivity index (χ0n) is 3.90. The van der Waals surface area contributed by atoms with Gasteiger partial charge < -0.3 is 5.11 Å². The van der Waals surface area contributed by atoms with E-state index in [4.69, 9.17) is 5.11 Å². The van der Waals surface area contributed by atoms with E-state index in [-0.39, 0.29) is 0 Å². The highest BCUT2D eigenvalue weighted by atomic mass is 31.1. The maximum Gasteiger partial charge on any atom is 0.324 e. The second kappa shape index (κ2) is 2.31. The Labute approximate surface area is 46.7 Å². The standard InChI is InChI=1S/C3H5O4P/c4-2-1-3-6-8(5)7-3/h1-4,8H. The zero-order valence-corrected chi connectivity index (χ0v) is 4.90. The smallest absolute Gasteiger partial charge is 0.324 e. The summed E-state index contributed by atoms with van der Waals surface area (Å²) in [6.07, 6.45) is 1.46. The summed E-state index contributed by atoms with van der Waals surface area (Å²) in [6, 6.07) is 0. The molecule has 0 spiro atoms. The third-order valence-corrected chi connectivity index (χ3v) is 1.52. The fraction of sp³-hybridized carbons (Fsp3) is 0.333. The van der Waals surface area contributed by atoms with Crippen LogP contribution in [0.2, 0.25) is 0 Å². The molecule has 8 heavy (non-hydrogen) atoms. The van der Waals surface area contributed by atoms with Crippen molar-refractivity contribution in [2.45, 2.75) is 6.29 Å². The van der Waals surface area contributed by atoms with Gasteiger partial charge in [0.25, 0.3) is 0 Å². The van der Waals surface area contributed by atoms with Crippen LogP contribution in [-0.4, -0.2) is 11.4 Å². The lowest BCUT2D eigenvalue weighted by atomic mass is 10.6. The third-order valence-electron chi connectivity index (χ3n) is 0.668. The highest BCUT2D eigenvalue weighted by Crippen LogP contribution is 2.39. The zero-order chi connectivity index (χ0) is 5.98. The van der Waals surface area contributed by atoms with Crippen LogP contribution in [0.4, 0.5) is 0 Å². The summed E-state index contributed by atoms with van der Waals surface area (Å²) in [4.78, 5) is 0. The Morgan fingerprint density at radius 1 is 1.62 bits per heavy atom. The van der Waals surface area contributed by atoms with Gasteiger partial charge in [-0.2, -0.15) is 0 Å². The summed E-state index contributed by atoms with van der Waals surface area (Å²) < 4.78 is 18.9. The Hall–Kier alpha value is -0.310. The molecular weight excluding hydrogens is 131 g/mol. The first-order valence-electron chi connectivity index (χ1n) is 2.01. The van der Waals surface area contributed by atoms with Crippen molar-refractivity contribution >= 4 is 8.25 Å². The van der Waals surface area contributed by atoms with Crippen molar-refractivity contribution in [2.24, 2.45) is 0 Å². The predicted molar refractivity (Wildman–Crippen MR) is 26.7 cm³/mol. The Bertz CT molecular complexity index is 123. The summed E-state index contributed by atoms with van der Waals surface area (Å²) in [6.45, 7) is 0. The lowest BCUT2D eigenvalue weighted by molar-refractivity contribution is -0.0406. The summed E-state index contributed by atoms with van der Waals surface area (Å²) >= 11 is 0. The van der Waals surface area contributed by atoms with E-state index in [9.17, 15) is 4.57 Å². The molecule has 0 amide bonds. The molecule has 0 bridgehead atoms. The van der Waals surface area contributed by atoms with Crippen LogP contribution < -0.4 is 0 Å². The largest absolute Gasteiger partial charge is 0.516 e. The van der Waals surface area contributed by atoms with E-state index in [1.165, 1.54) is 6.08 Å². The van der Waals surface area contributed by atoms with Crippen LogP contribution in [0.25, 0.3) is 0 Å². The van der Waals surface area contributed by atoms with Gasteiger partial charge in [-0.05, 0) is 0 Å². The van der Waals surface area contributed by atoms with Crippen molar-refractivity contribution in [3.05, 3.63) is 12.3 Å². The van der Waals surface area contributed by atoms with E-state index in [1.54, 1.807) is 0 Å². The van der Waals surface area contributed by atoms with Crippen LogP contribution in [0, 0.1) is 0 Å². The fourth-order valence-corrected chi connectivity index (χ4v) is 0.901. The molecule has 5 heteroatoms. The van der Waals surface area contributed by atoms with Gasteiger partial charge in [-0.25, -0.2) is 0 Å². The minimum Gasteiger partial charge on any atom is -0.516 e. The first kappa shape index (κ1) is 5.82. The van der Waals surface area contributed by atoms with E-state index in [1.807, 2.05) is 0 Å². The monoisotopic (exact) mass is 136 g/mol. The molecule has 4 nitrogen and oxygen atoms in total. The van der Waals surface area contributed by atoms with Crippen molar-refractivity contribution in [3.8, 4) is 0 Å². The van der Waals surface area contributed by atoms with Crippen molar-refractivity contribution in [1.29, 1.82) is 0 Å². The molecule has 0 saturated carbocycles. The lowest BCUT2D eigenvalue weighted by Crippen LogP contribution is -2.16. The Balaban J connectivity index is 2.25. The molecule has 1 rings (SSSR count). The van der Waals surface area contributed by atoms with Crippen molar-refractivity contribution in [2.75, 3.05) is 0 Å². The summed E-state index contributed by atoms with van der Waals surface area (Å²) in [7, 11) is -2.18. The molecule has 0 unspecified atom stereocenters. The maximum atomic E-state index is 10.0. The maximum absolute atomic E-state index is 10.0. The van der Waals surface area contributed by atoms with Crippen LogP contribution in [0.5, 0.6) is 0 Å². The molecule has 0 atom stereocenters. The van der Waals surface area contributed by atoms with E-state index in [0.717, 1.165) is 6.26 Å². The first-order chi connectivity index (χ1) is 3.83. The molecule has 1 fully saturated rings. The van der Waals surface area contributed by atoms with E-state index in [0.29, 0.717) is 0 Å². The average Bonchev–Trinajstić information content (AvgIpc) is 1.64. The molecule has 0 aromatic carbocycles. The van der Waals surface area contributed by atoms with Gasteiger partial charge in [-0.15, -0.1) is 0 Å². The van der Waals surface area contributed by atoms with Crippen LogP contribution in [0.3, 0.4) is 0 Å². The lowest BCUT2D eigenvalue weighted by Gasteiger charge is -2.21. The molecule has 1 aliphatic heterocycles. The normalized spacial score (nSPS) is 37.5. The molecule has 46 valence electrons. The second-order valence-corrected chi connectivity index (χ2v) is 2.17. The van der Waals surface area contributed by atoms with E-state index >= 15 is 0 Å². The van der Waals surface area contributed by atoms with Gasteiger partial charge in [0.2, 0.25) is 0 Å². The van der Waals surface area contributed by atoms with E-state index in [2.05, 4.69) is 9.05 Å². The van der Waals surface area contributed by atoms with Gasteiger partial charge in [0, 0.05) is 6.08 Å². The van der Waals surface area contributed by atoms with Crippen LogP contribution in [0.15, 0.2) is 12.3 Å². The molecule has 1 heterocycles. The highest BCUT2D eigenvalue weighted by Gasteiger charge is 2.23. The van der Waals surface area contributed by atoms with Gasteiger partial charge >= 0.3 is 8.25 Å². The first-order valence-corrected chi connectivity index (χ1v) is 3.23. The van der Waals surface area contributed by atoms with Gasteiger partial charge in [0.05, 0.1) is 6.26 Å². The van der Waals surface area contributed by atoms with Crippen LogP contribution >= 0.6 is 8.25 Å². The quantitative estimate of drug-likeness (QED) is 0.428. The highest BCUT2D eigenvalue weighted by molar-refractivity contribution is 7.34. The number of aliphatic hydroxyl groups is 1. The predicted octanol–water partition coefficient (Wildman–Crippen LogP) is 0.821. The summed E-state index contributed by atoms with van der Waals surface area (Å²) in [5.74, 6) is 0. The molecule has 0 aliphatic carbocycles. The number of aliphatic hydroxyl groups excluding tert-OH is 1. The molecule has 1 saturated heterocycles. The SMILES string of the molecule is O=[PH]1OC(C=CO)O1. The summed E-state index contributed by atoms with van der Waals surface area (Å²) in [5.41, 5.74) is 0. The molecule has 0 aromatic rings. The minimum atomic E-state index is -2.18. The second-order valence-electron chi connectivity index (χ2n) is 1.20. The van der Waals surface area contributed by atoms with E-state index < -0.39 is 14.5 Å². The molecule has 1 aliphatic rings. The number of hydrogen-bond donors (Lipinski definition) is 1. The van der Waals surface area contributed by atoms with Crippen molar-refractivity contribution in [3.63, 3.8) is 0 Å². The van der Waals surface area contributed by atoms with Crippen LogP contribution in [-0.2, 0) is 13.6 Å². The van der Waals surface area contributed by atoms with Crippen LogP contribution in [0.1, 0.15) is 0 Å². The van der Waals surface area contributed by atoms with Gasteiger partial charge in [-0.3, -0.25) is 13.6 Å². The summed E-state index contributed by atoms with van der Waals surface area (Å²) in [5, 5.41) is 8.06. The topological polar surface area (TPSA) is 55.8 Å². The Morgan fingerprint density at radius 2 is 2.25 bits per heavy atom. The molecule has 0 radical (unpaired) electrons. The Kier molecular flexibility index (Phi) is 1.68. The fourth-order valence-electron chi connectivity index (χ4n) is 0.347. The molecule has 0 aromatic heterocycles. The van der Waals surface area contributed by atoms with Gasteiger partial charge in [-0.1, -0.05) is 0 Å². The van der Waals surface area contributed by atoms with Gasteiger partial charge in [0.1, 0.15) is 0 Å². The van der Waals surface area contributed by atoms with Crippen molar-refractivity contribution in [1.82, 2.24) is 0 Å². The number of hydrogen-bond acceptors (Lipinski definition) is 4. The Morgan fingerprint density at radius 3 is 2.62 bits per heavy atom. The average molecular weight is 136 g/mol. The molecule has 1 N–H and O–H groups in total. The van der Waals surface area contributed by atoms with Crippen molar-refractivity contribution < 1.29 is 18.7 Å². The number of rotatable bonds is 1. The van der Waals surface area contributed by atoms with Gasteiger partial charge in [0.15, 0.2) is 6.29 Å². The molecular formula is C3H5O4P. The third kappa shape index (κ3) is 1.10.